The Morgan fingerprint density at radius 1 is 0.893 bits per heavy atom. The third kappa shape index (κ3) is 4.98. The van der Waals surface area contributed by atoms with Crippen LogP contribution in [-0.2, 0) is 15.6 Å². The first-order valence-corrected chi connectivity index (χ1v) is 10.5. The molecule has 0 atom stereocenters. The third-order valence-corrected chi connectivity index (χ3v) is 5.80. The van der Waals surface area contributed by atoms with Crippen molar-refractivity contribution in [2.24, 2.45) is 0 Å². The number of nitrogens with one attached hydrogen (secondary N) is 1. The average Bonchev–Trinajstić information content (AvgIpc) is 2.70. The van der Waals surface area contributed by atoms with Crippen LogP contribution in [0, 0.1) is 0 Å². The topological polar surface area (TPSA) is 72.5 Å². The molecule has 0 aliphatic heterocycles. The number of benzene rings is 3. The number of rotatable bonds is 7. The molecule has 1 amide bonds. The quantitative estimate of drug-likeness (QED) is 0.647. The molecule has 0 heterocycles. The van der Waals surface area contributed by atoms with Crippen molar-refractivity contribution in [1.82, 2.24) is 0 Å². The Balaban J connectivity index is 1.66. The predicted octanol–water partition coefficient (Wildman–Crippen LogP) is 4.31. The Morgan fingerprint density at radius 2 is 1.54 bits per heavy atom. The number of hydrogen-bond donors (Lipinski definition) is 1. The summed E-state index contributed by atoms with van der Waals surface area (Å²) in [6, 6.07) is 22.0. The summed E-state index contributed by atoms with van der Waals surface area (Å²) >= 11 is 0. The molecule has 0 bridgehead atoms. The molecule has 5 nitrogen and oxygen atoms in total. The van der Waals surface area contributed by atoms with Crippen molar-refractivity contribution in [3.8, 4) is 5.75 Å². The maximum atomic E-state index is 12.4. The second-order valence-corrected chi connectivity index (χ2v) is 8.17. The molecular weight excluding hydrogens is 374 g/mol. The number of anilines is 1. The minimum atomic E-state index is -3.42. The van der Waals surface area contributed by atoms with Gasteiger partial charge in [-0.05, 0) is 61.0 Å². The molecule has 0 unspecified atom stereocenters. The molecule has 3 rings (SSSR count). The maximum absolute atomic E-state index is 12.4. The molecule has 0 fully saturated rings. The van der Waals surface area contributed by atoms with Crippen molar-refractivity contribution in [2.45, 2.75) is 17.6 Å². The summed E-state index contributed by atoms with van der Waals surface area (Å²) in [7, 11) is -3.42. The summed E-state index contributed by atoms with van der Waals surface area (Å²) < 4.78 is 30.3. The highest BCUT2D eigenvalue weighted by atomic mass is 32.2. The Bertz CT molecular complexity index is 1030. The van der Waals surface area contributed by atoms with Gasteiger partial charge in [0.05, 0.1) is 17.3 Å². The van der Waals surface area contributed by atoms with Crippen LogP contribution in [0.1, 0.15) is 22.8 Å². The van der Waals surface area contributed by atoms with Gasteiger partial charge in [-0.2, -0.15) is 0 Å². The van der Waals surface area contributed by atoms with Crippen LogP contribution >= 0.6 is 0 Å². The SMILES string of the molecule is CCOc1ccc(NC(=O)c2ccc(CS(=O)(=O)c3ccccc3)cc2)cc1. The number of amides is 1. The number of carbonyl (C=O) groups excluding carboxylic acids is 1. The highest BCUT2D eigenvalue weighted by Gasteiger charge is 2.15. The minimum Gasteiger partial charge on any atom is -0.494 e. The summed E-state index contributed by atoms with van der Waals surface area (Å²) in [6.45, 7) is 2.49. The van der Waals surface area contributed by atoms with Crippen LogP contribution in [0.25, 0.3) is 0 Å². The van der Waals surface area contributed by atoms with Gasteiger partial charge in [-0.3, -0.25) is 4.79 Å². The molecule has 0 aromatic heterocycles. The van der Waals surface area contributed by atoms with Crippen LogP contribution in [0.2, 0.25) is 0 Å². The van der Waals surface area contributed by atoms with Gasteiger partial charge in [0.25, 0.3) is 5.91 Å². The molecule has 0 aliphatic rings. The van der Waals surface area contributed by atoms with E-state index in [-0.39, 0.29) is 16.6 Å². The van der Waals surface area contributed by atoms with E-state index in [1.54, 1.807) is 78.9 Å². The van der Waals surface area contributed by atoms with E-state index in [9.17, 15) is 13.2 Å². The lowest BCUT2D eigenvalue weighted by Crippen LogP contribution is -2.12. The van der Waals surface area contributed by atoms with E-state index in [1.807, 2.05) is 6.92 Å². The lowest BCUT2D eigenvalue weighted by atomic mass is 10.1. The van der Waals surface area contributed by atoms with Gasteiger partial charge in [0.2, 0.25) is 0 Å². The van der Waals surface area contributed by atoms with E-state index in [1.165, 1.54) is 0 Å². The van der Waals surface area contributed by atoms with E-state index < -0.39 is 9.84 Å². The molecule has 0 aliphatic carbocycles. The van der Waals surface area contributed by atoms with Crippen LogP contribution in [0.4, 0.5) is 5.69 Å². The van der Waals surface area contributed by atoms with Gasteiger partial charge in [-0.1, -0.05) is 30.3 Å². The molecule has 1 N–H and O–H groups in total. The molecule has 6 heteroatoms. The van der Waals surface area contributed by atoms with E-state index >= 15 is 0 Å². The number of ether oxygens (including phenoxy) is 1. The summed E-state index contributed by atoms with van der Waals surface area (Å²) in [5.41, 5.74) is 1.74. The Hall–Kier alpha value is -3.12. The fourth-order valence-corrected chi connectivity index (χ4v) is 4.06. The summed E-state index contributed by atoms with van der Waals surface area (Å²) in [5, 5.41) is 2.81. The second kappa shape index (κ2) is 8.71. The van der Waals surface area contributed by atoms with Crippen LogP contribution in [-0.4, -0.2) is 20.9 Å². The van der Waals surface area contributed by atoms with E-state index in [4.69, 9.17) is 4.74 Å². The fraction of sp³-hybridized carbons (Fsp3) is 0.136. The van der Waals surface area contributed by atoms with Crippen molar-refractivity contribution < 1.29 is 17.9 Å². The van der Waals surface area contributed by atoms with Crippen molar-refractivity contribution >= 4 is 21.4 Å². The Morgan fingerprint density at radius 3 is 2.14 bits per heavy atom. The van der Waals surface area contributed by atoms with Gasteiger partial charge >= 0.3 is 0 Å². The van der Waals surface area contributed by atoms with E-state index in [0.29, 0.717) is 23.4 Å². The summed E-state index contributed by atoms with van der Waals surface area (Å²) in [6.07, 6.45) is 0. The van der Waals surface area contributed by atoms with Gasteiger partial charge < -0.3 is 10.1 Å². The lowest BCUT2D eigenvalue weighted by Gasteiger charge is -2.08. The normalized spacial score (nSPS) is 11.0. The highest BCUT2D eigenvalue weighted by Crippen LogP contribution is 2.18. The van der Waals surface area contributed by atoms with Crippen LogP contribution < -0.4 is 10.1 Å². The lowest BCUT2D eigenvalue weighted by molar-refractivity contribution is 0.102. The Kier molecular flexibility index (Phi) is 6.11. The largest absolute Gasteiger partial charge is 0.494 e. The van der Waals surface area contributed by atoms with Crippen molar-refractivity contribution in [1.29, 1.82) is 0 Å². The molecule has 0 saturated carbocycles. The summed E-state index contributed by atoms with van der Waals surface area (Å²) in [4.78, 5) is 12.7. The number of carbonyl (C=O) groups is 1. The third-order valence-electron chi connectivity index (χ3n) is 4.10. The summed E-state index contributed by atoms with van der Waals surface area (Å²) in [5.74, 6) is 0.365. The standard InChI is InChI=1S/C22H21NO4S/c1-2-27-20-14-12-19(13-15-20)23-22(24)18-10-8-17(9-11-18)16-28(25,26)21-6-4-3-5-7-21/h3-15H,2,16H2,1H3,(H,23,24). The second-order valence-electron chi connectivity index (χ2n) is 6.18. The minimum absolute atomic E-state index is 0.113. The van der Waals surface area contributed by atoms with Gasteiger partial charge in [-0.15, -0.1) is 0 Å². The Labute approximate surface area is 164 Å². The molecule has 28 heavy (non-hydrogen) atoms. The van der Waals surface area contributed by atoms with E-state index in [0.717, 1.165) is 5.75 Å². The fourth-order valence-electron chi connectivity index (χ4n) is 2.69. The number of sulfone groups is 1. The average molecular weight is 395 g/mol. The molecule has 144 valence electrons. The monoisotopic (exact) mass is 395 g/mol. The molecule has 0 spiro atoms. The molecule has 3 aromatic rings. The zero-order chi connectivity index (χ0) is 20.0. The first kappa shape index (κ1) is 19.6. The maximum Gasteiger partial charge on any atom is 0.255 e. The zero-order valence-electron chi connectivity index (χ0n) is 15.5. The van der Waals surface area contributed by atoms with Crippen LogP contribution in [0.3, 0.4) is 0 Å². The molecule has 0 saturated heterocycles. The predicted molar refractivity (Wildman–Crippen MR) is 109 cm³/mol. The molecule has 0 radical (unpaired) electrons. The van der Waals surface area contributed by atoms with Crippen molar-refractivity contribution in [3.63, 3.8) is 0 Å². The molecule has 3 aromatic carbocycles. The van der Waals surface area contributed by atoms with Gasteiger partial charge in [0.1, 0.15) is 5.75 Å². The first-order chi connectivity index (χ1) is 13.5. The smallest absolute Gasteiger partial charge is 0.255 e. The number of hydrogen-bond acceptors (Lipinski definition) is 4. The van der Waals surface area contributed by atoms with Crippen molar-refractivity contribution in [2.75, 3.05) is 11.9 Å². The van der Waals surface area contributed by atoms with Gasteiger partial charge in [0, 0.05) is 11.3 Å². The van der Waals surface area contributed by atoms with Gasteiger partial charge in [0.15, 0.2) is 9.84 Å². The van der Waals surface area contributed by atoms with Crippen LogP contribution in [0.15, 0.2) is 83.8 Å². The zero-order valence-corrected chi connectivity index (χ0v) is 16.3. The highest BCUT2D eigenvalue weighted by molar-refractivity contribution is 7.90. The molecular formula is C22H21NO4S. The van der Waals surface area contributed by atoms with Crippen molar-refractivity contribution in [3.05, 3.63) is 90.0 Å². The van der Waals surface area contributed by atoms with Gasteiger partial charge in [-0.25, -0.2) is 8.42 Å². The van der Waals surface area contributed by atoms with Crippen LogP contribution in [0.5, 0.6) is 5.75 Å². The first-order valence-electron chi connectivity index (χ1n) is 8.89. The van der Waals surface area contributed by atoms with E-state index in [2.05, 4.69) is 5.32 Å².